The molecule has 144 valence electrons. The van der Waals surface area contributed by atoms with Crippen LogP contribution in [0.2, 0.25) is 0 Å². The summed E-state index contributed by atoms with van der Waals surface area (Å²) < 4.78 is 35.9. The molecule has 0 unspecified atom stereocenters. The van der Waals surface area contributed by atoms with Crippen LogP contribution in [0, 0.1) is 6.92 Å². The molecular formula is C20H23NO5S. The predicted octanol–water partition coefficient (Wildman–Crippen LogP) is 2.81. The zero-order valence-corrected chi connectivity index (χ0v) is 16.2. The maximum atomic E-state index is 12.6. The van der Waals surface area contributed by atoms with Crippen LogP contribution in [0.5, 0.6) is 11.5 Å². The first-order valence-electron chi connectivity index (χ1n) is 8.84. The average molecular weight is 389 g/mol. The van der Waals surface area contributed by atoms with Crippen LogP contribution < -0.4 is 14.8 Å². The Morgan fingerprint density at radius 3 is 2.56 bits per heavy atom. The molecule has 2 aromatic carbocycles. The highest BCUT2D eigenvalue weighted by Crippen LogP contribution is 2.32. The molecule has 6 nitrogen and oxygen atoms in total. The zero-order chi connectivity index (χ0) is 19.4. The number of fused-ring (bicyclic) bond motifs is 1. The number of nitrogens with one attached hydrogen (secondary N) is 1. The van der Waals surface area contributed by atoms with Crippen molar-refractivity contribution < 1.29 is 22.7 Å². The van der Waals surface area contributed by atoms with E-state index in [1.54, 1.807) is 6.07 Å². The van der Waals surface area contributed by atoms with Crippen molar-refractivity contribution in [2.75, 3.05) is 19.0 Å². The van der Waals surface area contributed by atoms with Crippen molar-refractivity contribution in [1.29, 1.82) is 0 Å². The Morgan fingerprint density at radius 1 is 1.11 bits per heavy atom. The number of benzene rings is 2. The van der Waals surface area contributed by atoms with Crippen LogP contribution in [-0.4, -0.2) is 33.3 Å². The molecule has 0 radical (unpaired) electrons. The summed E-state index contributed by atoms with van der Waals surface area (Å²) in [5, 5.41) is 2.86. The van der Waals surface area contributed by atoms with Crippen LogP contribution in [-0.2, 0) is 14.6 Å². The van der Waals surface area contributed by atoms with Gasteiger partial charge in [-0.05, 0) is 37.1 Å². The van der Waals surface area contributed by atoms with Crippen LogP contribution in [0.3, 0.4) is 0 Å². The lowest BCUT2D eigenvalue weighted by atomic mass is 10.0. The molecule has 0 bridgehead atoms. The minimum Gasteiger partial charge on any atom is -0.486 e. The van der Waals surface area contributed by atoms with Gasteiger partial charge in [0.1, 0.15) is 13.2 Å². The van der Waals surface area contributed by atoms with E-state index in [0.717, 1.165) is 11.1 Å². The van der Waals surface area contributed by atoms with E-state index in [-0.39, 0.29) is 29.0 Å². The van der Waals surface area contributed by atoms with Crippen molar-refractivity contribution in [3.8, 4) is 11.5 Å². The lowest BCUT2D eigenvalue weighted by molar-refractivity contribution is -0.121. The van der Waals surface area contributed by atoms with Crippen molar-refractivity contribution >= 4 is 15.7 Å². The lowest BCUT2D eigenvalue weighted by Gasteiger charge is -2.19. The van der Waals surface area contributed by atoms with Crippen molar-refractivity contribution in [3.05, 3.63) is 53.6 Å². The number of aryl methyl sites for hydroxylation is 1. The monoisotopic (exact) mass is 389 g/mol. The summed E-state index contributed by atoms with van der Waals surface area (Å²) in [6.45, 7) is 4.69. The standard InChI is InChI=1S/C20H23NO5S/c1-14-5-3-4-6-17(14)15(2)21-20(22)9-12-27(23,24)16-7-8-18-19(13-16)26-11-10-25-18/h3-8,13,15H,9-12H2,1-2H3,(H,21,22)/t15-/m1/s1. The van der Waals surface area contributed by atoms with Crippen molar-refractivity contribution in [1.82, 2.24) is 5.32 Å². The van der Waals surface area contributed by atoms with Gasteiger partial charge in [0.05, 0.1) is 16.7 Å². The molecule has 0 fully saturated rings. The topological polar surface area (TPSA) is 81.7 Å². The summed E-state index contributed by atoms with van der Waals surface area (Å²) in [6, 6.07) is 12.1. The summed E-state index contributed by atoms with van der Waals surface area (Å²) in [6.07, 6.45) is -0.104. The molecule has 1 N–H and O–H groups in total. The Balaban J connectivity index is 1.61. The molecule has 1 aliphatic rings. The molecule has 0 saturated carbocycles. The van der Waals surface area contributed by atoms with E-state index < -0.39 is 9.84 Å². The van der Waals surface area contributed by atoms with Gasteiger partial charge in [-0.15, -0.1) is 0 Å². The Bertz CT molecular complexity index is 939. The highest BCUT2D eigenvalue weighted by molar-refractivity contribution is 7.91. The average Bonchev–Trinajstić information content (AvgIpc) is 2.66. The van der Waals surface area contributed by atoms with Gasteiger partial charge in [0.25, 0.3) is 0 Å². The number of ether oxygens (including phenoxy) is 2. The predicted molar refractivity (Wildman–Crippen MR) is 102 cm³/mol. The second-order valence-electron chi connectivity index (χ2n) is 6.52. The van der Waals surface area contributed by atoms with Crippen molar-refractivity contribution in [2.24, 2.45) is 0 Å². The van der Waals surface area contributed by atoms with E-state index in [4.69, 9.17) is 9.47 Å². The molecule has 1 heterocycles. The van der Waals surface area contributed by atoms with Gasteiger partial charge in [-0.25, -0.2) is 8.42 Å². The van der Waals surface area contributed by atoms with E-state index >= 15 is 0 Å². The molecule has 0 saturated heterocycles. The largest absolute Gasteiger partial charge is 0.486 e. The number of carbonyl (C=O) groups excluding carboxylic acids is 1. The molecule has 1 atom stereocenters. The summed E-state index contributed by atoms with van der Waals surface area (Å²) in [4.78, 5) is 12.4. The van der Waals surface area contributed by atoms with Crippen molar-refractivity contribution in [3.63, 3.8) is 0 Å². The normalized spacial score (nSPS) is 14.4. The van der Waals surface area contributed by atoms with Crippen LogP contribution in [0.25, 0.3) is 0 Å². The minimum atomic E-state index is -3.59. The smallest absolute Gasteiger partial charge is 0.221 e. The maximum absolute atomic E-state index is 12.6. The molecule has 0 aliphatic carbocycles. The molecule has 1 amide bonds. The van der Waals surface area contributed by atoms with E-state index in [1.165, 1.54) is 12.1 Å². The first-order chi connectivity index (χ1) is 12.9. The molecular weight excluding hydrogens is 366 g/mol. The fraction of sp³-hybridized carbons (Fsp3) is 0.350. The number of hydrogen-bond acceptors (Lipinski definition) is 5. The number of carbonyl (C=O) groups is 1. The van der Waals surface area contributed by atoms with Gasteiger partial charge in [-0.2, -0.15) is 0 Å². The Morgan fingerprint density at radius 2 is 1.81 bits per heavy atom. The molecule has 3 rings (SSSR count). The number of sulfone groups is 1. The van der Waals surface area contributed by atoms with E-state index in [1.807, 2.05) is 38.1 Å². The summed E-state index contributed by atoms with van der Waals surface area (Å²) >= 11 is 0. The van der Waals surface area contributed by atoms with E-state index in [0.29, 0.717) is 24.7 Å². The fourth-order valence-corrected chi connectivity index (χ4v) is 4.28. The second-order valence-corrected chi connectivity index (χ2v) is 8.63. The van der Waals surface area contributed by atoms with Gasteiger partial charge in [-0.1, -0.05) is 24.3 Å². The van der Waals surface area contributed by atoms with Gasteiger partial charge in [0.2, 0.25) is 5.91 Å². The number of rotatable bonds is 6. The van der Waals surface area contributed by atoms with Gasteiger partial charge >= 0.3 is 0 Å². The zero-order valence-electron chi connectivity index (χ0n) is 15.4. The van der Waals surface area contributed by atoms with E-state index in [9.17, 15) is 13.2 Å². The third kappa shape index (κ3) is 4.60. The molecule has 0 spiro atoms. The Labute approximate surface area is 159 Å². The summed E-state index contributed by atoms with van der Waals surface area (Å²) in [7, 11) is -3.59. The Kier molecular flexibility index (Phi) is 5.70. The molecule has 0 aromatic heterocycles. The third-order valence-electron chi connectivity index (χ3n) is 4.50. The third-order valence-corrected chi connectivity index (χ3v) is 6.22. The Hall–Kier alpha value is -2.54. The second kappa shape index (κ2) is 8.00. The van der Waals surface area contributed by atoms with Crippen LogP contribution in [0.15, 0.2) is 47.4 Å². The molecule has 27 heavy (non-hydrogen) atoms. The molecule has 7 heteroatoms. The molecule has 2 aromatic rings. The van der Waals surface area contributed by atoms with Crippen LogP contribution in [0.1, 0.15) is 30.5 Å². The summed E-state index contributed by atoms with van der Waals surface area (Å²) in [5.74, 6) is 0.385. The highest BCUT2D eigenvalue weighted by Gasteiger charge is 2.21. The molecule has 1 aliphatic heterocycles. The van der Waals surface area contributed by atoms with Gasteiger partial charge < -0.3 is 14.8 Å². The highest BCUT2D eigenvalue weighted by atomic mass is 32.2. The van der Waals surface area contributed by atoms with Crippen LogP contribution in [0.4, 0.5) is 0 Å². The van der Waals surface area contributed by atoms with Crippen LogP contribution >= 0.6 is 0 Å². The van der Waals surface area contributed by atoms with Crippen molar-refractivity contribution in [2.45, 2.75) is 31.2 Å². The minimum absolute atomic E-state index is 0.104. The first-order valence-corrected chi connectivity index (χ1v) is 10.5. The SMILES string of the molecule is Cc1ccccc1[C@@H](C)NC(=O)CCS(=O)(=O)c1ccc2c(c1)OCCO2. The van der Waals surface area contributed by atoms with Gasteiger partial charge in [0.15, 0.2) is 21.3 Å². The fourth-order valence-electron chi connectivity index (χ4n) is 3.03. The van der Waals surface area contributed by atoms with Gasteiger partial charge in [-0.3, -0.25) is 4.79 Å². The maximum Gasteiger partial charge on any atom is 0.221 e. The van der Waals surface area contributed by atoms with E-state index in [2.05, 4.69) is 5.32 Å². The number of hydrogen-bond donors (Lipinski definition) is 1. The first kappa shape index (κ1) is 19.2. The lowest BCUT2D eigenvalue weighted by Crippen LogP contribution is -2.28. The summed E-state index contributed by atoms with van der Waals surface area (Å²) in [5.41, 5.74) is 2.09. The number of amides is 1. The quantitative estimate of drug-likeness (QED) is 0.822. The van der Waals surface area contributed by atoms with Gasteiger partial charge in [0, 0.05) is 12.5 Å².